The van der Waals surface area contributed by atoms with Gasteiger partial charge in [-0.05, 0) is 55.5 Å². The lowest BCUT2D eigenvalue weighted by atomic mass is 10.2. The van der Waals surface area contributed by atoms with Crippen molar-refractivity contribution < 1.29 is 4.42 Å². The van der Waals surface area contributed by atoms with Crippen LogP contribution >= 0.6 is 40.4 Å². The normalized spacial score (nSPS) is 10.9. The number of aryl methyl sites for hydroxylation is 1. The summed E-state index contributed by atoms with van der Waals surface area (Å²) in [5.74, 6) is 0. The monoisotopic (exact) mass is 363 g/mol. The van der Waals surface area contributed by atoms with Gasteiger partial charge in [-0.3, -0.25) is 4.57 Å². The average molecular weight is 364 g/mol. The van der Waals surface area contributed by atoms with Gasteiger partial charge in [0.2, 0.25) is 0 Å². The highest BCUT2D eigenvalue weighted by Crippen LogP contribution is 2.22. The Kier molecular flexibility index (Phi) is 3.58. The highest BCUT2D eigenvalue weighted by Gasteiger charge is 2.07. The molecule has 100 valence electrons. The van der Waals surface area contributed by atoms with E-state index in [1.54, 1.807) is 4.57 Å². The highest BCUT2D eigenvalue weighted by atomic mass is 79.9. The fourth-order valence-corrected chi connectivity index (χ4v) is 3.01. The summed E-state index contributed by atoms with van der Waals surface area (Å²) >= 11 is 14.3. The summed E-state index contributed by atoms with van der Waals surface area (Å²) in [6.07, 6.45) is 0. The van der Waals surface area contributed by atoms with Crippen molar-refractivity contribution >= 4 is 51.3 Å². The van der Waals surface area contributed by atoms with Crippen LogP contribution in [0.25, 0.3) is 16.7 Å². The molecule has 0 saturated carbocycles. The van der Waals surface area contributed by atoms with Crippen molar-refractivity contribution in [2.75, 3.05) is 0 Å². The van der Waals surface area contributed by atoms with Gasteiger partial charge in [-0.2, -0.15) is 0 Å². The van der Waals surface area contributed by atoms with E-state index in [2.05, 4.69) is 15.9 Å². The van der Waals surface area contributed by atoms with E-state index in [0.717, 1.165) is 26.7 Å². The predicted molar refractivity (Wildman–Crippen MR) is 89.6 cm³/mol. The molecule has 0 saturated heterocycles. The minimum absolute atomic E-state index is 0.355. The predicted octanol–water partition coefficient (Wildman–Crippen LogP) is 5.75. The molecule has 2 nitrogen and oxygen atoms in total. The van der Waals surface area contributed by atoms with Gasteiger partial charge in [-0.1, -0.05) is 39.8 Å². The lowest BCUT2D eigenvalue weighted by Crippen LogP contribution is -1.99. The van der Waals surface area contributed by atoms with Crippen LogP contribution in [-0.4, -0.2) is 4.57 Å². The molecule has 0 aliphatic heterocycles. The number of benzene rings is 2. The summed E-state index contributed by atoms with van der Waals surface area (Å²) in [7, 11) is 0. The summed E-state index contributed by atoms with van der Waals surface area (Å²) in [6.45, 7) is 2.03. The topological polar surface area (TPSA) is 18.1 Å². The van der Waals surface area contributed by atoms with Gasteiger partial charge in [0.25, 0.3) is 4.84 Å². The number of fused-ring (bicyclic) bond motifs is 1. The molecule has 0 fully saturated rings. The summed E-state index contributed by atoms with van der Waals surface area (Å²) < 4.78 is 9.16. The molecule has 3 rings (SSSR count). The first kappa shape index (κ1) is 13.7. The SMILES string of the molecule is Cc1ccc2oc(=S)n(-c3ccc(Br)cc3)c(=S)c2c1. The molecule has 0 aliphatic carbocycles. The maximum atomic E-state index is 5.71. The molecule has 0 radical (unpaired) electrons. The van der Waals surface area contributed by atoms with Crippen molar-refractivity contribution in [2.45, 2.75) is 6.92 Å². The number of aromatic nitrogens is 1. The van der Waals surface area contributed by atoms with Crippen molar-refractivity contribution in [1.82, 2.24) is 4.57 Å². The Balaban J connectivity index is 2.39. The van der Waals surface area contributed by atoms with Crippen LogP contribution in [0.4, 0.5) is 0 Å². The third-order valence-electron chi connectivity index (χ3n) is 3.03. The van der Waals surface area contributed by atoms with Gasteiger partial charge in [0.15, 0.2) is 0 Å². The van der Waals surface area contributed by atoms with Gasteiger partial charge in [0.05, 0.1) is 11.1 Å². The first-order chi connectivity index (χ1) is 9.56. The van der Waals surface area contributed by atoms with E-state index in [1.165, 1.54) is 0 Å². The number of halogens is 1. The van der Waals surface area contributed by atoms with Gasteiger partial charge in [0, 0.05) is 4.47 Å². The Bertz CT molecular complexity index is 910. The van der Waals surface area contributed by atoms with E-state index >= 15 is 0 Å². The number of rotatable bonds is 1. The van der Waals surface area contributed by atoms with Crippen LogP contribution in [0.15, 0.2) is 51.4 Å². The van der Waals surface area contributed by atoms with E-state index in [9.17, 15) is 0 Å². The molecule has 5 heteroatoms. The smallest absolute Gasteiger partial charge is 0.274 e. The van der Waals surface area contributed by atoms with Crippen LogP contribution in [-0.2, 0) is 0 Å². The molecule has 0 spiro atoms. The zero-order valence-corrected chi connectivity index (χ0v) is 13.8. The molecular formula is C15H10BrNOS2. The van der Waals surface area contributed by atoms with Gasteiger partial charge >= 0.3 is 0 Å². The summed E-state index contributed by atoms with van der Waals surface area (Å²) in [4.78, 5) is 0.355. The third kappa shape index (κ3) is 2.37. The van der Waals surface area contributed by atoms with Crippen LogP contribution in [0.5, 0.6) is 0 Å². The molecule has 0 aliphatic rings. The molecule has 1 heterocycles. The molecule has 3 aromatic rings. The van der Waals surface area contributed by atoms with Crippen molar-refractivity contribution in [3.8, 4) is 5.69 Å². The van der Waals surface area contributed by atoms with Crippen LogP contribution in [0.1, 0.15) is 5.56 Å². The molecule has 0 N–H and O–H groups in total. The van der Waals surface area contributed by atoms with Gasteiger partial charge in [-0.25, -0.2) is 0 Å². The minimum Gasteiger partial charge on any atom is -0.431 e. The molecular weight excluding hydrogens is 354 g/mol. The molecule has 0 unspecified atom stereocenters. The lowest BCUT2D eigenvalue weighted by Gasteiger charge is -2.09. The van der Waals surface area contributed by atoms with Crippen LogP contribution in [0, 0.1) is 16.4 Å². The second kappa shape index (κ2) is 5.24. The zero-order chi connectivity index (χ0) is 14.3. The summed E-state index contributed by atoms with van der Waals surface area (Å²) in [6, 6.07) is 13.7. The maximum absolute atomic E-state index is 5.71. The largest absolute Gasteiger partial charge is 0.431 e. The van der Waals surface area contributed by atoms with Crippen molar-refractivity contribution in [1.29, 1.82) is 0 Å². The molecule has 1 aromatic heterocycles. The van der Waals surface area contributed by atoms with E-state index < -0.39 is 0 Å². The second-order valence-electron chi connectivity index (χ2n) is 4.48. The molecule has 0 atom stereocenters. The lowest BCUT2D eigenvalue weighted by molar-refractivity contribution is 0.537. The molecule has 20 heavy (non-hydrogen) atoms. The van der Waals surface area contributed by atoms with E-state index in [1.807, 2.05) is 49.4 Å². The standard InChI is InChI=1S/C15H10BrNOS2/c1-9-2-7-13-12(8-9)14(19)17(15(20)18-13)11-5-3-10(16)4-6-11/h2-8H,1H3. The summed E-state index contributed by atoms with van der Waals surface area (Å²) in [5, 5.41) is 0.900. The van der Waals surface area contributed by atoms with Crippen LogP contribution < -0.4 is 0 Å². The molecule has 0 bridgehead atoms. The Hall–Kier alpha value is -1.30. The highest BCUT2D eigenvalue weighted by molar-refractivity contribution is 9.10. The van der Waals surface area contributed by atoms with Gasteiger partial charge in [-0.15, -0.1) is 0 Å². The van der Waals surface area contributed by atoms with Crippen molar-refractivity contribution in [2.24, 2.45) is 0 Å². The van der Waals surface area contributed by atoms with Crippen LogP contribution in [0.3, 0.4) is 0 Å². The number of nitrogens with zero attached hydrogens (tertiary/aromatic N) is 1. The quantitative estimate of drug-likeness (QED) is 0.512. The van der Waals surface area contributed by atoms with Crippen molar-refractivity contribution in [3.05, 3.63) is 62.0 Å². The Morgan fingerprint density at radius 2 is 1.75 bits per heavy atom. The zero-order valence-electron chi connectivity index (χ0n) is 10.6. The minimum atomic E-state index is 0.355. The van der Waals surface area contributed by atoms with Crippen LogP contribution in [0.2, 0.25) is 0 Å². The average Bonchev–Trinajstić information content (AvgIpc) is 2.42. The molecule has 2 aromatic carbocycles. The van der Waals surface area contributed by atoms with Gasteiger partial charge in [0.1, 0.15) is 10.2 Å². The number of hydrogen-bond donors (Lipinski definition) is 0. The first-order valence-electron chi connectivity index (χ1n) is 5.99. The first-order valence-corrected chi connectivity index (χ1v) is 7.60. The van der Waals surface area contributed by atoms with Gasteiger partial charge < -0.3 is 4.42 Å². The van der Waals surface area contributed by atoms with E-state index in [4.69, 9.17) is 28.9 Å². The third-order valence-corrected chi connectivity index (χ3v) is 4.23. The Morgan fingerprint density at radius 3 is 2.45 bits per heavy atom. The summed E-state index contributed by atoms with van der Waals surface area (Å²) in [5.41, 5.74) is 2.76. The van der Waals surface area contributed by atoms with E-state index in [-0.39, 0.29) is 0 Å². The maximum Gasteiger partial charge on any atom is 0.274 e. The Morgan fingerprint density at radius 1 is 1.05 bits per heavy atom. The van der Waals surface area contributed by atoms with Crippen molar-refractivity contribution in [3.63, 3.8) is 0 Å². The second-order valence-corrected chi connectivity index (χ2v) is 6.14. The molecule has 0 amide bonds. The Labute approximate surface area is 134 Å². The fraction of sp³-hybridized carbons (Fsp3) is 0.0667. The number of hydrogen-bond acceptors (Lipinski definition) is 3. The fourth-order valence-electron chi connectivity index (χ4n) is 2.06. The van der Waals surface area contributed by atoms with E-state index in [0.29, 0.717) is 9.48 Å².